The lowest BCUT2D eigenvalue weighted by Crippen LogP contribution is -1.97. The molecule has 0 fully saturated rings. The summed E-state index contributed by atoms with van der Waals surface area (Å²) in [6.45, 7) is 0. The van der Waals surface area contributed by atoms with Crippen LogP contribution >= 0.6 is 0 Å². The lowest BCUT2D eigenvalue weighted by atomic mass is 9.99. The first kappa shape index (κ1) is 11.9. The fourth-order valence-electron chi connectivity index (χ4n) is 2.71. The SMILES string of the molecule is O=c1cc(-c2ccc3ccccc3c2)c2ccccc2o1. The first-order valence-electron chi connectivity index (χ1n) is 6.83. The highest BCUT2D eigenvalue weighted by Crippen LogP contribution is 2.29. The Morgan fingerprint density at radius 2 is 1.48 bits per heavy atom. The number of para-hydroxylation sites is 1. The van der Waals surface area contributed by atoms with Gasteiger partial charge in [-0.25, -0.2) is 4.79 Å². The molecule has 0 N–H and O–H groups in total. The van der Waals surface area contributed by atoms with Gasteiger partial charge >= 0.3 is 5.63 Å². The predicted molar refractivity (Wildman–Crippen MR) is 85.4 cm³/mol. The maximum absolute atomic E-state index is 11.8. The van der Waals surface area contributed by atoms with Crippen molar-refractivity contribution in [2.45, 2.75) is 0 Å². The van der Waals surface area contributed by atoms with Gasteiger partial charge in [0, 0.05) is 11.5 Å². The summed E-state index contributed by atoms with van der Waals surface area (Å²) in [5.74, 6) is 0. The molecule has 2 heteroatoms. The maximum Gasteiger partial charge on any atom is 0.336 e. The van der Waals surface area contributed by atoms with Crippen molar-refractivity contribution in [2.24, 2.45) is 0 Å². The van der Waals surface area contributed by atoms with Crippen molar-refractivity contribution < 1.29 is 4.42 Å². The van der Waals surface area contributed by atoms with Crippen LogP contribution < -0.4 is 5.63 Å². The van der Waals surface area contributed by atoms with E-state index < -0.39 is 0 Å². The first-order chi connectivity index (χ1) is 10.3. The number of benzene rings is 3. The van der Waals surface area contributed by atoms with Crippen molar-refractivity contribution in [3.63, 3.8) is 0 Å². The molecular formula is C19H12O2. The molecule has 4 aromatic rings. The molecule has 0 aliphatic heterocycles. The van der Waals surface area contributed by atoms with Crippen LogP contribution in [0.4, 0.5) is 0 Å². The molecule has 0 bridgehead atoms. The summed E-state index contributed by atoms with van der Waals surface area (Å²) in [6, 6.07) is 23.6. The molecule has 0 aliphatic carbocycles. The van der Waals surface area contributed by atoms with E-state index >= 15 is 0 Å². The zero-order valence-electron chi connectivity index (χ0n) is 11.2. The summed E-state index contributed by atoms with van der Waals surface area (Å²) in [5, 5.41) is 3.30. The van der Waals surface area contributed by atoms with E-state index in [0.29, 0.717) is 5.58 Å². The number of rotatable bonds is 1. The topological polar surface area (TPSA) is 30.2 Å². The Hall–Kier alpha value is -2.87. The third kappa shape index (κ3) is 2.01. The molecule has 2 nitrogen and oxygen atoms in total. The normalized spacial score (nSPS) is 11.0. The fraction of sp³-hybridized carbons (Fsp3) is 0. The van der Waals surface area contributed by atoms with Gasteiger partial charge in [0.25, 0.3) is 0 Å². The van der Waals surface area contributed by atoms with Crippen molar-refractivity contribution in [2.75, 3.05) is 0 Å². The van der Waals surface area contributed by atoms with Gasteiger partial charge in [-0.2, -0.15) is 0 Å². The Kier molecular flexibility index (Phi) is 2.61. The molecule has 1 heterocycles. The molecular weight excluding hydrogens is 260 g/mol. The average molecular weight is 272 g/mol. The Bertz CT molecular complexity index is 1010. The monoisotopic (exact) mass is 272 g/mol. The van der Waals surface area contributed by atoms with Gasteiger partial charge in [0.05, 0.1) is 0 Å². The van der Waals surface area contributed by atoms with Crippen LogP contribution in [0.15, 0.2) is 82.0 Å². The van der Waals surface area contributed by atoms with Crippen LogP contribution in [-0.4, -0.2) is 0 Å². The highest BCUT2D eigenvalue weighted by Gasteiger charge is 2.07. The van der Waals surface area contributed by atoms with Crippen LogP contribution in [0.5, 0.6) is 0 Å². The summed E-state index contributed by atoms with van der Waals surface area (Å²) in [4.78, 5) is 11.8. The quantitative estimate of drug-likeness (QED) is 0.473. The summed E-state index contributed by atoms with van der Waals surface area (Å²) >= 11 is 0. The highest BCUT2D eigenvalue weighted by atomic mass is 16.4. The molecule has 0 saturated heterocycles. The molecule has 1 aromatic heterocycles. The summed E-state index contributed by atoms with van der Waals surface area (Å²) in [7, 11) is 0. The third-order valence-corrected chi connectivity index (χ3v) is 3.71. The van der Waals surface area contributed by atoms with E-state index in [2.05, 4.69) is 24.3 Å². The fourth-order valence-corrected chi connectivity index (χ4v) is 2.71. The second-order valence-electron chi connectivity index (χ2n) is 5.04. The van der Waals surface area contributed by atoms with Gasteiger partial charge in [0.1, 0.15) is 5.58 Å². The Morgan fingerprint density at radius 3 is 2.38 bits per heavy atom. The second kappa shape index (κ2) is 4.60. The van der Waals surface area contributed by atoms with Gasteiger partial charge in [-0.15, -0.1) is 0 Å². The minimum Gasteiger partial charge on any atom is -0.423 e. The van der Waals surface area contributed by atoms with Crippen LogP contribution in [0.1, 0.15) is 0 Å². The van der Waals surface area contributed by atoms with Crippen molar-refractivity contribution >= 4 is 21.7 Å². The smallest absolute Gasteiger partial charge is 0.336 e. The Balaban J connectivity index is 2.06. The molecule has 0 unspecified atom stereocenters. The molecule has 0 saturated carbocycles. The number of fused-ring (bicyclic) bond motifs is 2. The molecule has 0 aliphatic rings. The van der Waals surface area contributed by atoms with E-state index in [1.807, 2.05) is 42.5 Å². The van der Waals surface area contributed by atoms with Crippen LogP contribution in [0.3, 0.4) is 0 Å². The summed E-state index contributed by atoms with van der Waals surface area (Å²) in [6.07, 6.45) is 0. The van der Waals surface area contributed by atoms with Crippen molar-refractivity contribution in [1.29, 1.82) is 0 Å². The van der Waals surface area contributed by atoms with Gasteiger partial charge in [-0.1, -0.05) is 54.6 Å². The maximum atomic E-state index is 11.8. The number of hydrogen-bond donors (Lipinski definition) is 0. The molecule has 21 heavy (non-hydrogen) atoms. The van der Waals surface area contributed by atoms with E-state index in [1.54, 1.807) is 6.07 Å². The van der Waals surface area contributed by atoms with Crippen molar-refractivity contribution in [3.05, 3.63) is 83.2 Å². The minimum atomic E-state index is -0.322. The lowest BCUT2D eigenvalue weighted by Gasteiger charge is -2.07. The summed E-state index contributed by atoms with van der Waals surface area (Å²) in [5.41, 5.74) is 2.23. The molecule has 0 radical (unpaired) electrons. The van der Waals surface area contributed by atoms with Crippen LogP contribution in [0, 0.1) is 0 Å². The lowest BCUT2D eigenvalue weighted by molar-refractivity contribution is 0.561. The van der Waals surface area contributed by atoms with Gasteiger partial charge in [0.2, 0.25) is 0 Å². The van der Waals surface area contributed by atoms with E-state index in [1.165, 1.54) is 5.39 Å². The van der Waals surface area contributed by atoms with E-state index in [4.69, 9.17) is 4.42 Å². The van der Waals surface area contributed by atoms with Gasteiger partial charge in [-0.3, -0.25) is 0 Å². The van der Waals surface area contributed by atoms with Gasteiger partial charge in [0.15, 0.2) is 0 Å². The van der Waals surface area contributed by atoms with E-state index in [0.717, 1.165) is 21.9 Å². The van der Waals surface area contributed by atoms with Crippen LogP contribution in [0.2, 0.25) is 0 Å². The largest absolute Gasteiger partial charge is 0.423 e. The predicted octanol–water partition coefficient (Wildman–Crippen LogP) is 4.61. The molecule has 3 aromatic carbocycles. The molecule has 100 valence electrons. The standard InChI is InChI=1S/C19H12O2/c20-19-12-17(16-7-3-4-8-18(16)21-19)15-10-9-13-5-1-2-6-14(13)11-15/h1-12H. The molecule has 0 atom stereocenters. The minimum absolute atomic E-state index is 0.322. The first-order valence-corrected chi connectivity index (χ1v) is 6.83. The number of hydrogen-bond acceptors (Lipinski definition) is 2. The Morgan fingerprint density at radius 1 is 0.714 bits per heavy atom. The Labute approximate surface area is 121 Å². The van der Waals surface area contributed by atoms with Crippen LogP contribution in [0.25, 0.3) is 32.9 Å². The second-order valence-corrected chi connectivity index (χ2v) is 5.04. The molecule has 0 amide bonds. The zero-order chi connectivity index (χ0) is 14.2. The third-order valence-electron chi connectivity index (χ3n) is 3.71. The van der Waals surface area contributed by atoms with Gasteiger partial charge < -0.3 is 4.42 Å². The van der Waals surface area contributed by atoms with Crippen LogP contribution in [-0.2, 0) is 0 Å². The van der Waals surface area contributed by atoms with E-state index in [-0.39, 0.29) is 5.63 Å². The summed E-state index contributed by atoms with van der Waals surface area (Å²) < 4.78 is 5.26. The zero-order valence-corrected chi connectivity index (χ0v) is 11.2. The van der Waals surface area contributed by atoms with Crippen molar-refractivity contribution in [3.8, 4) is 11.1 Å². The van der Waals surface area contributed by atoms with Gasteiger partial charge in [-0.05, 0) is 34.0 Å². The highest BCUT2D eigenvalue weighted by molar-refractivity contribution is 5.96. The molecule has 0 spiro atoms. The average Bonchev–Trinajstić information content (AvgIpc) is 2.53. The molecule has 4 rings (SSSR count). The van der Waals surface area contributed by atoms with E-state index in [9.17, 15) is 4.79 Å². The van der Waals surface area contributed by atoms with Crippen molar-refractivity contribution in [1.82, 2.24) is 0 Å².